The molecule has 2 fully saturated rings. The van der Waals surface area contributed by atoms with Crippen LogP contribution in [0.15, 0.2) is 30.3 Å². The molecule has 1 aromatic carbocycles. The van der Waals surface area contributed by atoms with Gasteiger partial charge in [-0.25, -0.2) is 0 Å². The number of rotatable bonds is 8. The van der Waals surface area contributed by atoms with Crippen molar-refractivity contribution in [3.63, 3.8) is 0 Å². The molecule has 0 unspecified atom stereocenters. The number of esters is 1. The molecule has 0 bridgehead atoms. The topological polar surface area (TPSA) is 26.3 Å². The molecule has 2 heteroatoms. The van der Waals surface area contributed by atoms with Crippen LogP contribution in [0.2, 0.25) is 0 Å². The summed E-state index contributed by atoms with van der Waals surface area (Å²) in [5.74, 6) is 1.70. The highest BCUT2D eigenvalue weighted by atomic mass is 16.5. The first-order chi connectivity index (χ1) is 14.6. The van der Waals surface area contributed by atoms with Crippen LogP contribution in [0.1, 0.15) is 103 Å². The number of hydrogen-bond acceptors (Lipinski definition) is 2. The molecule has 0 atom stereocenters. The van der Waals surface area contributed by atoms with Crippen LogP contribution >= 0.6 is 0 Å². The molecule has 2 aliphatic rings. The number of carbonyl (C=O) groups is 1. The number of carbonyl (C=O) groups excluding carboxylic acids is 1. The Hall–Kier alpha value is -1.57. The molecule has 2 aliphatic carbocycles. The maximum atomic E-state index is 12.6. The van der Waals surface area contributed by atoms with E-state index in [-0.39, 0.29) is 18.0 Å². The Morgan fingerprint density at radius 2 is 1.60 bits per heavy atom. The average molecular weight is 411 g/mol. The third kappa shape index (κ3) is 6.72. The molecule has 0 N–H and O–H groups in total. The lowest BCUT2D eigenvalue weighted by Crippen LogP contribution is -2.30. The summed E-state index contributed by atoms with van der Waals surface area (Å²) in [5.41, 5.74) is 4.14. The summed E-state index contributed by atoms with van der Waals surface area (Å²) < 4.78 is 5.94. The van der Waals surface area contributed by atoms with Crippen molar-refractivity contribution < 1.29 is 9.53 Å². The van der Waals surface area contributed by atoms with Gasteiger partial charge in [0, 0.05) is 0 Å². The molecule has 0 heterocycles. The minimum Gasteiger partial charge on any atom is -0.462 e. The molecule has 0 radical (unpaired) electrons. The fraction of sp³-hybridized carbons (Fsp3) is 0.679. The third-order valence-corrected chi connectivity index (χ3v) is 7.31. The van der Waals surface area contributed by atoms with Crippen LogP contribution in [0.25, 0.3) is 5.57 Å². The third-order valence-electron chi connectivity index (χ3n) is 7.31. The quantitative estimate of drug-likeness (QED) is 0.409. The molecule has 0 saturated heterocycles. The first-order valence-electron chi connectivity index (χ1n) is 12.6. The van der Waals surface area contributed by atoms with Gasteiger partial charge in [-0.1, -0.05) is 63.5 Å². The van der Waals surface area contributed by atoms with Gasteiger partial charge in [0.2, 0.25) is 0 Å². The van der Waals surface area contributed by atoms with Crippen LogP contribution in [0, 0.1) is 17.8 Å². The van der Waals surface area contributed by atoms with Crippen LogP contribution in [0.4, 0.5) is 0 Å². The van der Waals surface area contributed by atoms with Crippen molar-refractivity contribution in [1.29, 1.82) is 0 Å². The van der Waals surface area contributed by atoms with E-state index in [9.17, 15) is 4.79 Å². The molecule has 166 valence electrons. The molecule has 1 aromatic rings. The van der Waals surface area contributed by atoms with Gasteiger partial charge in [-0.15, -0.1) is 0 Å². The number of aryl methyl sites for hydroxylation is 1. The zero-order valence-corrected chi connectivity index (χ0v) is 19.5. The second kappa shape index (κ2) is 11.7. The highest BCUT2D eigenvalue weighted by molar-refractivity contribution is 5.72. The largest absolute Gasteiger partial charge is 0.462 e. The Kier molecular flexibility index (Phi) is 9.03. The average Bonchev–Trinajstić information content (AvgIpc) is 2.76. The van der Waals surface area contributed by atoms with Gasteiger partial charge in [0.1, 0.15) is 6.10 Å². The minimum absolute atomic E-state index is 0.0901. The lowest BCUT2D eigenvalue weighted by molar-refractivity contribution is -0.157. The molecule has 0 spiro atoms. The number of allylic oxidation sites excluding steroid dienone is 2. The zero-order chi connectivity index (χ0) is 21.3. The van der Waals surface area contributed by atoms with Crippen molar-refractivity contribution in [3.05, 3.63) is 41.5 Å². The summed E-state index contributed by atoms with van der Waals surface area (Å²) >= 11 is 0. The van der Waals surface area contributed by atoms with Crippen LogP contribution in [0.5, 0.6) is 0 Å². The second-order valence-corrected chi connectivity index (χ2v) is 9.78. The molecule has 30 heavy (non-hydrogen) atoms. The molecule has 0 amide bonds. The molecule has 2 nitrogen and oxygen atoms in total. The standard InChI is InChI=1S/C28H42O2/c1-4-6-22-8-14-25(15-9-22)21(3)20-24-12-18-27(19-13-24)30-28(29)26-16-10-23(7-5-2)11-17-26/h8-9,14-15,20,23-24,26-27H,4-7,10-13,16-19H2,1-3H3. The highest BCUT2D eigenvalue weighted by Crippen LogP contribution is 2.34. The van der Waals surface area contributed by atoms with E-state index in [4.69, 9.17) is 4.74 Å². The Bertz CT molecular complexity index is 671. The normalized spacial score (nSPS) is 27.6. The van der Waals surface area contributed by atoms with E-state index < -0.39 is 0 Å². The highest BCUT2D eigenvalue weighted by Gasteiger charge is 2.30. The van der Waals surface area contributed by atoms with E-state index >= 15 is 0 Å². The van der Waals surface area contributed by atoms with E-state index in [2.05, 4.69) is 51.1 Å². The molecule has 0 aliphatic heterocycles. The lowest BCUT2D eigenvalue weighted by Gasteiger charge is -2.31. The summed E-state index contributed by atoms with van der Waals surface area (Å²) in [6.07, 6.45) is 16.3. The van der Waals surface area contributed by atoms with Gasteiger partial charge < -0.3 is 4.74 Å². The first kappa shape index (κ1) is 23.1. The van der Waals surface area contributed by atoms with Crippen LogP contribution < -0.4 is 0 Å². The monoisotopic (exact) mass is 410 g/mol. The van der Waals surface area contributed by atoms with Crippen molar-refractivity contribution in [1.82, 2.24) is 0 Å². The van der Waals surface area contributed by atoms with Crippen molar-refractivity contribution in [2.24, 2.45) is 17.8 Å². The van der Waals surface area contributed by atoms with E-state index in [1.807, 2.05) is 0 Å². The first-order valence-corrected chi connectivity index (χ1v) is 12.6. The zero-order valence-electron chi connectivity index (χ0n) is 19.5. The van der Waals surface area contributed by atoms with Crippen LogP contribution in [-0.4, -0.2) is 12.1 Å². The fourth-order valence-corrected chi connectivity index (χ4v) is 5.40. The fourth-order valence-electron chi connectivity index (χ4n) is 5.40. The summed E-state index contributed by atoms with van der Waals surface area (Å²) in [6, 6.07) is 9.06. The minimum atomic E-state index is 0.0901. The number of hydrogen-bond donors (Lipinski definition) is 0. The van der Waals surface area contributed by atoms with E-state index in [1.165, 1.54) is 48.8 Å². The van der Waals surface area contributed by atoms with Gasteiger partial charge in [-0.3, -0.25) is 4.79 Å². The van der Waals surface area contributed by atoms with Crippen molar-refractivity contribution >= 4 is 11.5 Å². The Labute approximate surface area is 184 Å². The van der Waals surface area contributed by atoms with E-state index in [0.29, 0.717) is 5.92 Å². The lowest BCUT2D eigenvalue weighted by atomic mass is 9.80. The van der Waals surface area contributed by atoms with Crippen molar-refractivity contribution in [3.8, 4) is 0 Å². The van der Waals surface area contributed by atoms with Gasteiger partial charge in [0.05, 0.1) is 5.92 Å². The number of ether oxygens (including phenoxy) is 1. The Balaban J connectivity index is 1.42. The smallest absolute Gasteiger partial charge is 0.309 e. The van der Waals surface area contributed by atoms with Crippen molar-refractivity contribution in [2.45, 2.75) is 104 Å². The predicted molar refractivity (Wildman–Crippen MR) is 126 cm³/mol. The van der Waals surface area contributed by atoms with Gasteiger partial charge >= 0.3 is 5.97 Å². The van der Waals surface area contributed by atoms with Gasteiger partial charge in [0.25, 0.3) is 0 Å². The SMILES string of the molecule is CCCc1ccc(C(C)=CC2CCC(OC(=O)C3CCC(CCC)CC3)CC2)cc1. The van der Waals surface area contributed by atoms with Crippen LogP contribution in [0.3, 0.4) is 0 Å². The molecule has 3 rings (SSSR count). The molecular formula is C28H42O2. The molecule has 2 saturated carbocycles. The summed E-state index contributed by atoms with van der Waals surface area (Å²) in [7, 11) is 0. The molecule has 0 aromatic heterocycles. The molecular weight excluding hydrogens is 368 g/mol. The van der Waals surface area contributed by atoms with Gasteiger partial charge in [0.15, 0.2) is 0 Å². The summed E-state index contributed by atoms with van der Waals surface area (Å²) in [4.78, 5) is 12.6. The number of benzene rings is 1. The van der Waals surface area contributed by atoms with Gasteiger partial charge in [-0.05, 0) is 93.2 Å². The van der Waals surface area contributed by atoms with Gasteiger partial charge in [-0.2, -0.15) is 0 Å². The summed E-state index contributed by atoms with van der Waals surface area (Å²) in [5, 5.41) is 0. The van der Waals surface area contributed by atoms with Crippen LogP contribution in [-0.2, 0) is 16.0 Å². The Morgan fingerprint density at radius 3 is 2.20 bits per heavy atom. The van der Waals surface area contributed by atoms with E-state index in [0.717, 1.165) is 50.9 Å². The summed E-state index contributed by atoms with van der Waals surface area (Å²) in [6.45, 7) is 6.72. The maximum absolute atomic E-state index is 12.6. The van der Waals surface area contributed by atoms with Crippen molar-refractivity contribution in [2.75, 3.05) is 0 Å². The second-order valence-electron chi connectivity index (χ2n) is 9.78. The maximum Gasteiger partial charge on any atom is 0.309 e. The van der Waals surface area contributed by atoms with E-state index in [1.54, 1.807) is 0 Å². The Morgan fingerprint density at radius 1 is 0.933 bits per heavy atom. The predicted octanol–water partition coefficient (Wildman–Crippen LogP) is 7.75.